The molecule has 9 heavy (non-hydrogen) atoms. The Kier molecular flexibility index (Phi) is 3.70. The average Bonchev–Trinajstić information content (AvgIpc) is 1.63. The maximum absolute atomic E-state index is 10.2. The molecule has 6 heteroatoms. The van der Waals surface area contributed by atoms with Crippen LogP contribution in [0.2, 0.25) is 6.04 Å². The molecule has 0 radical (unpaired) electrons. The number of hydrogen-bond donors (Lipinski definition) is 2. The predicted octanol–water partition coefficient (Wildman–Crippen LogP) is -1.53. The zero-order chi connectivity index (χ0) is 7.33. The largest absolute Gasteiger partial charge is 0.267 e. The molecule has 0 aliphatic heterocycles. The molecule has 0 spiro atoms. The lowest BCUT2D eigenvalue weighted by molar-refractivity contribution is 0.595. The van der Waals surface area contributed by atoms with Crippen LogP contribution in [0.1, 0.15) is 0 Å². The average molecular weight is 166 g/mol. The minimum Gasteiger partial charge on any atom is -0.231 e. The summed E-state index contributed by atoms with van der Waals surface area (Å²) >= 11 is 0. The number of nitrogens with one attached hydrogen (secondary N) is 1. The molecule has 0 aromatic heterocycles. The van der Waals surface area contributed by atoms with Gasteiger partial charge in [-0.25, -0.2) is 9.53 Å². The van der Waals surface area contributed by atoms with Crippen LogP contribution in [0.25, 0.3) is 0 Å². The molecular formula is C3H10N2O2SSi. The second kappa shape index (κ2) is 3.78. The van der Waals surface area contributed by atoms with Crippen LogP contribution < -0.4 is 9.53 Å². The monoisotopic (exact) mass is 166 g/mol. The summed E-state index contributed by atoms with van der Waals surface area (Å²) in [5, 5.41) is 4.64. The van der Waals surface area contributed by atoms with Gasteiger partial charge in [-0.2, -0.15) is 8.42 Å². The summed E-state index contributed by atoms with van der Waals surface area (Å²) in [5.41, 5.74) is 0. The summed E-state index contributed by atoms with van der Waals surface area (Å²) in [6, 6.07) is 0.733. The second-order valence-electron chi connectivity index (χ2n) is 1.52. The first-order chi connectivity index (χ1) is 4.06. The molecule has 54 valence electrons. The molecule has 0 bridgehead atoms. The predicted molar refractivity (Wildman–Crippen MR) is 39.8 cm³/mol. The Balaban J connectivity index is 3.40. The van der Waals surface area contributed by atoms with Crippen molar-refractivity contribution in [1.29, 1.82) is 0 Å². The fourth-order valence-electron chi connectivity index (χ4n) is 0.303. The molecule has 0 rings (SSSR count). The highest BCUT2D eigenvalue weighted by Gasteiger charge is 1.96. The molecule has 0 heterocycles. The molecule has 0 aliphatic rings. The molecule has 0 aromatic rings. The number of allylic oxidation sites excluding steroid dienone is 1. The van der Waals surface area contributed by atoms with Crippen molar-refractivity contribution in [2.45, 2.75) is 6.04 Å². The van der Waals surface area contributed by atoms with Crippen molar-refractivity contribution in [3.8, 4) is 0 Å². The number of hydrogen-bond acceptors (Lipinski definition) is 2. The lowest BCUT2D eigenvalue weighted by Gasteiger charge is -1.95. The van der Waals surface area contributed by atoms with E-state index in [1.54, 1.807) is 6.08 Å². The molecule has 0 unspecified atom stereocenters. The standard InChI is InChI=1S/C3H10N2O2SSi/c1-2-3-9-5-8(4,6)7/h2,5H,1,3,9H2,(H2,4,6,7). The van der Waals surface area contributed by atoms with Crippen molar-refractivity contribution in [3.63, 3.8) is 0 Å². The minimum atomic E-state index is -3.43. The quantitative estimate of drug-likeness (QED) is 0.302. The number of nitrogens with two attached hydrogens (primary N) is 1. The van der Waals surface area contributed by atoms with Crippen molar-refractivity contribution < 1.29 is 8.42 Å². The Morgan fingerprint density at radius 3 is 2.67 bits per heavy atom. The van der Waals surface area contributed by atoms with E-state index in [2.05, 4.69) is 16.1 Å². The van der Waals surface area contributed by atoms with Crippen LogP contribution in [-0.2, 0) is 10.2 Å². The highest BCUT2D eigenvalue weighted by molar-refractivity contribution is 7.88. The zero-order valence-electron chi connectivity index (χ0n) is 5.00. The van der Waals surface area contributed by atoms with Gasteiger partial charge >= 0.3 is 0 Å². The first kappa shape index (κ1) is 8.83. The van der Waals surface area contributed by atoms with Gasteiger partial charge in [-0.3, -0.25) is 0 Å². The fourth-order valence-corrected chi connectivity index (χ4v) is 2.12. The Hall–Kier alpha value is -0.173. The highest BCUT2D eigenvalue weighted by Crippen LogP contribution is 1.74. The van der Waals surface area contributed by atoms with Crippen molar-refractivity contribution in [1.82, 2.24) is 4.39 Å². The van der Waals surface area contributed by atoms with E-state index >= 15 is 0 Å². The summed E-state index contributed by atoms with van der Waals surface area (Å²) in [6.07, 6.45) is 1.67. The van der Waals surface area contributed by atoms with E-state index in [4.69, 9.17) is 0 Å². The van der Waals surface area contributed by atoms with Gasteiger partial charge in [-0.05, 0) is 6.04 Å². The van der Waals surface area contributed by atoms with Crippen LogP contribution in [0.5, 0.6) is 0 Å². The van der Waals surface area contributed by atoms with Crippen molar-refractivity contribution in [2.75, 3.05) is 0 Å². The lowest BCUT2D eigenvalue weighted by Crippen LogP contribution is -2.33. The van der Waals surface area contributed by atoms with Gasteiger partial charge in [0.25, 0.3) is 10.2 Å². The minimum absolute atomic E-state index is 0.733. The molecule has 3 N–H and O–H groups in total. The Morgan fingerprint density at radius 1 is 1.78 bits per heavy atom. The molecule has 0 atom stereocenters. The van der Waals surface area contributed by atoms with Gasteiger partial charge in [0, 0.05) is 0 Å². The smallest absolute Gasteiger partial charge is 0.231 e. The molecule has 4 nitrogen and oxygen atoms in total. The van der Waals surface area contributed by atoms with E-state index in [1.165, 1.54) is 0 Å². The summed E-state index contributed by atoms with van der Waals surface area (Å²) in [7, 11) is -4.21. The third-order valence-electron chi connectivity index (χ3n) is 0.652. The summed E-state index contributed by atoms with van der Waals surface area (Å²) < 4.78 is 22.6. The highest BCUT2D eigenvalue weighted by atomic mass is 32.2. The lowest BCUT2D eigenvalue weighted by atomic mass is 10.8. The van der Waals surface area contributed by atoms with Crippen LogP contribution in [0.3, 0.4) is 0 Å². The normalized spacial score (nSPS) is 12.6. The van der Waals surface area contributed by atoms with E-state index in [0.717, 1.165) is 6.04 Å². The second-order valence-corrected chi connectivity index (χ2v) is 4.84. The van der Waals surface area contributed by atoms with Crippen LogP contribution >= 0.6 is 0 Å². The van der Waals surface area contributed by atoms with Crippen molar-refractivity contribution in [3.05, 3.63) is 12.7 Å². The van der Waals surface area contributed by atoms with Crippen LogP contribution in [-0.4, -0.2) is 18.1 Å². The summed E-state index contributed by atoms with van der Waals surface area (Å²) in [6.45, 7) is 3.44. The van der Waals surface area contributed by atoms with E-state index in [0.29, 0.717) is 0 Å². The maximum Gasteiger partial charge on any atom is 0.267 e. The summed E-state index contributed by atoms with van der Waals surface area (Å²) in [4.78, 5) is 0. The van der Waals surface area contributed by atoms with Crippen LogP contribution in [0.15, 0.2) is 12.7 Å². The van der Waals surface area contributed by atoms with E-state index in [9.17, 15) is 8.42 Å². The third-order valence-corrected chi connectivity index (χ3v) is 3.77. The topological polar surface area (TPSA) is 72.2 Å². The molecule has 0 aliphatic carbocycles. The van der Waals surface area contributed by atoms with Gasteiger partial charge < -0.3 is 0 Å². The Labute approximate surface area is 57.2 Å². The maximum atomic E-state index is 10.2. The van der Waals surface area contributed by atoms with Crippen molar-refractivity contribution in [2.24, 2.45) is 5.14 Å². The van der Waals surface area contributed by atoms with Gasteiger partial charge in [0.1, 0.15) is 9.68 Å². The zero-order valence-corrected chi connectivity index (χ0v) is 7.23. The number of rotatable bonds is 4. The Bertz CT molecular complexity index is 176. The van der Waals surface area contributed by atoms with Gasteiger partial charge in [-0.1, -0.05) is 6.08 Å². The van der Waals surface area contributed by atoms with E-state index in [-0.39, 0.29) is 0 Å². The Morgan fingerprint density at radius 2 is 2.33 bits per heavy atom. The van der Waals surface area contributed by atoms with E-state index in [1.807, 2.05) is 0 Å². The molecule has 0 aromatic carbocycles. The van der Waals surface area contributed by atoms with Crippen LogP contribution in [0, 0.1) is 0 Å². The van der Waals surface area contributed by atoms with Gasteiger partial charge in [0.15, 0.2) is 0 Å². The first-order valence-electron chi connectivity index (χ1n) is 2.44. The van der Waals surface area contributed by atoms with Gasteiger partial charge in [-0.15, -0.1) is 6.58 Å². The molecular weight excluding hydrogens is 156 g/mol. The molecule has 0 amide bonds. The first-order valence-corrected chi connectivity index (χ1v) is 5.70. The van der Waals surface area contributed by atoms with Gasteiger partial charge in [0.05, 0.1) is 0 Å². The van der Waals surface area contributed by atoms with Crippen LogP contribution in [0.4, 0.5) is 0 Å². The fraction of sp³-hybridized carbons (Fsp3) is 0.333. The summed E-state index contributed by atoms with van der Waals surface area (Å²) in [5.74, 6) is 0. The van der Waals surface area contributed by atoms with Gasteiger partial charge in [0.2, 0.25) is 0 Å². The van der Waals surface area contributed by atoms with Crippen molar-refractivity contribution >= 4 is 19.9 Å². The molecule has 0 saturated carbocycles. The SMILES string of the molecule is C=CC[SiH2]NS(N)(=O)=O. The third kappa shape index (κ3) is 7.83. The van der Waals surface area contributed by atoms with E-state index < -0.39 is 19.9 Å². The molecule has 0 fully saturated rings. The molecule has 0 saturated heterocycles.